The van der Waals surface area contributed by atoms with Crippen molar-refractivity contribution in [1.82, 2.24) is 9.88 Å². The Hall–Kier alpha value is -2.95. The molecule has 0 radical (unpaired) electrons. The number of nitrogens with zero attached hydrogens (tertiary/aromatic N) is 4. The molecule has 7 heteroatoms. The standard InChI is InChI=1S/C24H29N5O2/c1-17-21-16-31-24(2,3)13-19(21)20(14-25)23(26-17)29-11-9-28(10-12-29)15-22(30)27-18-7-5-4-6-8-18/h4-8H,9-13,15-16H2,1-3H3,(H,27,30). The molecule has 7 nitrogen and oxygen atoms in total. The van der Waals surface area contributed by atoms with E-state index in [1.807, 2.05) is 37.3 Å². The molecule has 1 saturated heterocycles. The average molecular weight is 420 g/mol. The Morgan fingerprint density at radius 1 is 1.19 bits per heavy atom. The van der Waals surface area contributed by atoms with Crippen LogP contribution in [0.4, 0.5) is 11.5 Å². The highest BCUT2D eigenvalue weighted by atomic mass is 16.5. The molecule has 0 aliphatic carbocycles. The first-order valence-corrected chi connectivity index (χ1v) is 10.7. The largest absolute Gasteiger partial charge is 0.370 e. The van der Waals surface area contributed by atoms with Crippen molar-refractivity contribution in [2.24, 2.45) is 0 Å². The number of amides is 1. The normalized spacial score (nSPS) is 18.2. The van der Waals surface area contributed by atoms with Gasteiger partial charge in [-0.05, 0) is 38.5 Å². The van der Waals surface area contributed by atoms with Crippen LogP contribution >= 0.6 is 0 Å². The quantitative estimate of drug-likeness (QED) is 0.821. The van der Waals surface area contributed by atoms with E-state index in [1.165, 1.54) is 0 Å². The number of para-hydroxylation sites is 1. The summed E-state index contributed by atoms with van der Waals surface area (Å²) in [6.07, 6.45) is 0.710. The molecule has 1 amide bonds. The Labute approximate surface area is 183 Å². The summed E-state index contributed by atoms with van der Waals surface area (Å²) < 4.78 is 5.94. The zero-order chi connectivity index (χ0) is 22.0. The summed E-state index contributed by atoms with van der Waals surface area (Å²) in [5, 5.41) is 12.9. The summed E-state index contributed by atoms with van der Waals surface area (Å²) in [6, 6.07) is 11.9. The lowest BCUT2D eigenvalue weighted by atomic mass is 9.88. The number of nitriles is 1. The molecule has 162 valence electrons. The molecule has 1 N–H and O–H groups in total. The number of aryl methyl sites for hydroxylation is 1. The third-order valence-electron chi connectivity index (χ3n) is 6.02. The number of nitrogens with one attached hydrogen (secondary N) is 1. The predicted octanol–water partition coefficient (Wildman–Crippen LogP) is 2.87. The summed E-state index contributed by atoms with van der Waals surface area (Å²) in [7, 11) is 0. The number of hydrogen-bond donors (Lipinski definition) is 1. The summed E-state index contributed by atoms with van der Waals surface area (Å²) in [5.41, 5.74) is 4.26. The summed E-state index contributed by atoms with van der Waals surface area (Å²) in [4.78, 5) is 21.5. The van der Waals surface area contributed by atoms with Crippen LogP contribution in [0.15, 0.2) is 30.3 Å². The van der Waals surface area contributed by atoms with Gasteiger partial charge in [-0.2, -0.15) is 5.26 Å². The van der Waals surface area contributed by atoms with Gasteiger partial charge in [0.15, 0.2) is 0 Å². The number of aromatic nitrogens is 1. The zero-order valence-corrected chi connectivity index (χ0v) is 18.4. The van der Waals surface area contributed by atoms with Crippen LogP contribution in [0.5, 0.6) is 0 Å². The molecule has 0 saturated carbocycles. The SMILES string of the molecule is Cc1nc(N2CCN(CC(=O)Nc3ccccc3)CC2)c(C#N)c2c1COC(C)(C)C2. The van der Waals surface area contributed by atoms with Crippen molar-refractivity contribution in [3.8, 4) is 6.07 Å². The van der Waals surface area contributed by atoms with E-state index in [9.17, 15) is 10.1 Å². The van der Waals surface area contributed by atoms with Gasteiger partial charge in [-0.3, -0.25) is 9.69 Å². The van der Waals surface area contributed by atoms with Crippen LogP contribution in [0.2, 0.25) is 0 Å². The Kier molecular flexibility index (Phi) is 5.94. The third kappa shape index (κ3) is 4.71. The van der Waals surface area contributed by atoms with E-state index >= 15 is 0 Å². The molecule has 2 aliphatic rings. The van der Waals surface area contributed by atoms with Crippen LogP contribution < -0.4 is 10.2 Å². The lowest BCUT2D eigenvalue weighted by molar-refractivity contribution is -0.117. The molecule has 1 aromatic carbocycles. The first-order valence-electron chi connectivity index (χ1n) is 10.7. The lowest BCUT2D eigenvalue weighted by Gasteiger charge is -2.37. The molecule has 4 rings (SSSR count). The molecule has 3 heterocycles. The fraction of sp³-hybridized carbons (Fsp3) is 0.458. The van der Waals surface area contributed by atoms with Gasteiger partial charge in [-0.1, -0.05) is 18.2 Å². The molecule has 0 atom stereocenters. The van der Waals surface area contributed by atoms with E-state index in [0.717, 1.165) is 54.5 Å². The second kappa shape index (κ2) is 8.66. The van der Waals surface area contributed by atoms with E-state index in [4.69, 9.17) is 9.72 Å². The minimum atomic E-state index is -0.283. The topological polar surface area (TPSA) is 81.5 Å². The van der Waals surface area contributed by atoms with Gasteiger partial charge >= 0.3 is 0 Å². The molecule has 1 aromatic heterocycles. The van der Waals surface area contributed by atoms with Gasteiger partial charge in [0.25, 0.3) is 0 Å². The van der Waals surface area contributed by atoms with E-state index in [1.54, 1.807) is 0 Å². The first-order chi connectivity index (χ1) is 14.9. The molecular formula is C24H29N5O2. The fourth-order valence-corrected chi connectivity index (χ4v) is 4.31. The molecule has 2 aromatic rings. The summed E-state index contributed by atoms with van der Waals surface area (Å²) in [5.74, 6) is 0.757. The van der Waals surface area contributed by atoms with Crippen LogP contribution in [0.25, 0.3) is 0 Å². The smallest absolute Gasteiger partial charge is 0.238 e. The van der Waals surface area contributed by atoms with Crippen LogP contribution in [0.1, 0.15) is 36.2 Å². The molecule has 0 spiro atoms. The van der Waals surface area contributed by atoms with Crippen molar-refractivity contribution in [3.05, 3.63) is 52.7 Å². The van der Waals surface area contributed by atoms with Crippen LogP contribution in [0.3, 0.4) is 0 Å². The highest BCUT2D eigenvalue weighted by molar-refractivity contribution is 5.92. The van der Waals surface area contributed by atoms with Gasteiger partial charge in [-0.15, -0.1) is 0 Å². The van der Waals surface area contributed by atoms with Gasteiger partial charge < -0.3 is 15.0 Å². The van der Waals surface area contributed by atoms with E-state index in [2.05, 4.69) is 35.0 Å². The van der Waals surface area contributed by atoms with Crippen molar-refractivity contribution in [2.75, 3.05) is 42.9 Å². The van der Waals surface area contributed by atoms with Gasteiger partial charge in [0.2, 0.25) is 5.91 Å². The monoisotopic (exact) mass is 419 g/mol. The minimum Gasteiger partial charge on any atom is -0.370 e. The molecule has 1 fully saturated rings. The van der Waals surface area contributed by atoms with Crippen molar-refractivity contribution < 1.29 is 9.53 Å². The maximum absolute atomic E-state index is 12.4. The number of hydrogen-bond acceptors (Lipinski definition) is 6. The van der Waals surface area contributed by atoms with Crippen molar-refractivity contribution in [3.63, 3.8) is 0 Å². The highest BCUT2D eigenvalue weighted by Crippen LogP contribution is 2.35. The predicted molar refractivity (Wildman–Crippen MR) is 120 cm³/mol. The van der Waals surface area contributed by atoms with Crippen molar-refractivity contribution >= 4 is 17.4 Å². The van der Waals surface area contributed by atoms with Crippen molar-refractivity contribution in [1.29, 1.82) is 5.26 Å². The second-order valence-electron chi connectivity index (χ2n) is 8.87. The molecule has 2 aliphatic heterocycles. The third-order valence-corrected chi connectivity index (χ3v) is 6.02. The van der Waals surface area contributed by atoms with Crippen LogP contribution in [-0.2, 0) is 22.6 Å². The zero-order valence-electron chi connectivity index (χ0n) is 18.4. The van der Waals surface area contributed by atoms with Gasteiger partial charge in [0, 0.05) is 49.5 Å². The Morgan fingerprint density at radius 2 is 1.90 bits per heavy atom. The summed E-state index contributed by atoms with van der Waals surface area (Å²) >= 11 is 0. The Bertz CT molecular complexity index is 1000. The number of ether oxygens (including phenoxy) is 1. The number of anilines is 2. The summed E-state index contributed by atoms with van der Waals surface area (Å²) in [6.45, 7) is 9.94. The number of carbonyl (C=O) groups excluding carboxylic acids is 1. The average Bonchev–Trinajstić information content (AvgIpc) is 2.74. The Morgan fingerprint density at radius 3 is 2.58 bits per heavy atom. The number of rotatable bonds is 4. The van der Waals surface area contributed by atoms with Gasteiger partial charge in [-0.25, -0.2) is 4.98 Å². The number of pyridine rings is 1. The van der Waals surface area contributed by atoms with Gasteiger partial charge in [0.1, 0.15) is 11.9 Å². The number of fused-ring (bicyclic) bond motifs is 1. The molecular weight excluding hydrogens is 390 g/mol. The van der Waals surface area contributed by atoms with E-state index in [0.29, 0.717) is 25.1 Å². The maximum atomic E-state index is 12.4. The van der Waals surface area contributed by atoms with E-state index in [-0.39, 0.29) is 11.5 Å². The highest BCUT2D eigenvalue weighted by Gasteiger charge is 2.32. The molecule has 0 unspecified atom stereocenters. The molecule has 0 bridgehead atoms. The van der Waals surface area contributed by atoms with Crippen molar-refractivity contribution in [2.45, 2.75) is 39.4 Å². The number of piperazine rings is 1. The fourth-order valence-electron chi connectivity index (χ4n) is 4.31. The maximum Gasteiger partial charge on any atom is 0.238 e. The number of benzene rings is 1. The minimum absolute atomic E-state index is 0.0117. The van der Waals surface area contributed by atoms with Crippen LogP contribution in [0, 0.1) is 18.3 Å². The lowest BCUT2D eigenvalue weighted by Crippen LogP contribution is -2.49. The Balaban J connectivity index is 1.44. The van der Waals surface area contributed by atoms with E-state index < -0.39 is 0 Å². The molecule has 31 heavy (non-hydrogen) atoms. The number of carbonyl (C=O) groups is 1. The van der Waals surface area contributed by atoms with Crippen LogP contribution in [-0.4, -0.2) is 54.1 Å². The first kappa shape index (κ1) is 21.3. The second-order valence-corrected chi connectivity index (χ2v) is 8.87. The van der Waals surface area contributed by atoms with Gasteiger partial charge in [0.05, 0.1) is 24.3 Å².